The van der Waals surface area contributed by atoms with Gasteiger partial charge in [0.15, 0.2) is 12.4 Å². The minimum atomic E-state index is -0.381. The molecule has 1 aromatic heterocycles. The van der Waals surface area contributed by atoms with E-state index in [1.165, 1.54) is 0 Å². The second kappa shape index (κ2) is 8.71. The molecule has 0 saturated carbocycles. The van der Waals surface area contributed by atoms with Gasteiger partial charge in [-0.25, -0.2) is 0 Å². The number of para-hydroxylation sites is 3. The van der Waals surface area contributed by atoms with E-state index in [2.05, 4.69) is 15.5 Å². The van der Waals surface area contributed by atoms with Crippen LogP contribution in [-0.2, 0) is 4.79 Å². The van der Waals surface area contributed by atoms with Gasteiger partial charge in [-0.2, -0.15) is 0 Å². The molecule has 1 N–H and O–H groups in total. The minimum absolute atomic E-state index is 0.0761. The molecule has 7 nitrogen and oxygen atoms in total. The maximum absolute atomic E-state index is 12.3. The summed E-state index contributed by atoms with van der Waals surface area (Å²) in [6.45, 7) is -0.282. The largest absolute Gasteiger partial charge is 0.455 e. The highest BCUT2D eigenvalue weighted by Crippen LogP contribution is 2.29. The van der Waals surface area contributed by atoms with Gasteiger partial charge >= 0.3 is 6.08 Å². The van der Waals surface area contributed by atoms with Crippen molar-refractivity contribution < 1.29 is 18.7 Å². The van der Waals surface area contributed by atoms with E-state index in [0.717, 1.165) is 5.56 Å². The molecule has 0 aliphatic heterocycles. The number of nitrogens with one attached hydrogen (secondary N) is 1. The predicted molar refractivity (Wildman–Crippen MR) is 107 cm³/mol. The zero-order valence-corrected chi connectivity index (χ0v) is 15.3. The predicted octanol–water partition coefficient (Wildman–Crippen LogP) is 4.55. The first-order chi connectivity index (χ1) is 14.3. The number of rotatable bonds is 7. The molecule has 0 atom stereocenters. The van der Waals surface area contributed by atoms with Crippen LogP contribution in [0.3, 0.4) is 0 Å². The van der Waals surface area contributed by atoms with Crippen LogP contribution in [0.2, 0.25) is 0 Å². The molecule has 4 rings (SSSR count). The highest BCUT2D eigenvalue weighted by Gasteiger charge is 2.13. The number of hydrogen-bond donors (Lipinski definition) is 1. The van der Waals surface area contributed by atoms with Crippen LogP contribution in [0.4, 0.5) is 5.69 Å². The third kappa shape index (κ3) is 4.78. The van der Waals surface area contributed by atoms with Crippen LogP contribution >= 0.6 is 0 Å². The lowest BCUT2D eigenvalue weighted by atomic mass is 10.2. The highest BCUT2D eigenvalue weighted by atomic mass is 16.6. The summed E-state index contributed by atoms with van der Waals surface area (Å²) in [7, 11) is 0. The lowest BCUT2D eigenvalue weighted by Crippen LogP contribution is -2.20. The summed E-state index contributed by atoms with van der Waals surface area (Å²) in [6, 6.07) is 25.8. The molecule has 0 aliphatic carbocycles. The molecular weight excluding hydrogens is 370 g/mol. The number of anilines is 1. The molecule has 4 aromatic rings. The third-order valence-corrected chi connectivity index (χ3v) is 3.89. The number of nitrogens with zero attached hydrogens (tertiary/aromatic N) is 2. The lowest BCUT2D eigenvalue weighted by Gasteiger charge is -2.12. The smallest absolute Gasteiger partial charge is 0.415 e. The molecule has 144 valence electrons. The molecule has 3 aromatic carbocycles. The van der Waals surface area contributed by atoms with Gasteiger partial charge in [0.2, 0.25) is 0 Å². The Balaban J connectivity index is 1.36. The maximum Gasteiger partial charge on any atom is 0.415 e. The van der Waals surface area contributed by atoms with Crippen molar-refractivity contribution >= 4 is 11.6 Å². The zero-order chi connectivity index (χ0) is 19.9. The first-order valence-corrected chi connectivity index (χ1v) is 8.91. The van der Waals surface area contributed by atoms with Crippen LogP contribution in [-0.4, -0.2) is 22.7 Å². The summed E-state index contributed by atoms with van der Waals surface area (Å²) in [5, 5.41) is 10.5. The number of ether oxygens (including phenoxy) is 2. The molecule has 1 amide bonds. The lowest BCUT2D eigenvalue weighted by molar-refractivity contribution is -0.118. The van der Waals surface area contributed by atoms with Crippen molar-refractivity contribution in [3.63, 3.8) is 0 Å². The Morgan fingerprint density at radius 3 is 2.34 bits per heavy atom. The van der Waals surface area contributed by atoms with Crippen molar-refractivity contribution in [1.82, 2.24) is 10.2 Å². The van der Waals surface area contributed by atoms with Gasteiger partial charge in [-0.15, -0.1) is 5.10 Å². The first kappa shape index (κ1) is 18.2. The normalized spacial score (nSPS) is 10.3. The molecule has 1 heterocycles. The van der Waals surface area contributed by atoms with Gasteiger partial charge in [0.1, 0.15) is 5.75 Å². The summed E-state index contributed by atoms with van der Waals surface area (Å²) in [6.07, 6.45) is -0.0761. The minimum Gasteiger partial charge on any atom is -0.455 e. The van der Waals surface area contributed by atoms with Crippen LogP contribution < -0.4 is 14.8 Å². The van der Waals surface area contributed by atoms with Crippen molar-refractivity contribution in [1.29, 1.82) is 0 Å². The van der Waals surface area contributed by atoms with Gasteiger partial charge < -0.3 is 19.2 Å². The Labute approximate surface area is 166 Å². The van der Waals surface area contributed by atoms with Gasteiger partial charge in [0.25, 0.3) is 11.8 Å². The Kier molecular flexibility index (Phi) is 5.48. The zero-order valence-electron chi connectivity index (χ0n) is 15.3. The van der Waals surface area contributed by atoms with Crippen molar-refractivity contribution in [2.45, 2.75) is 0 Å². The maximum atomic E-state index is 12.3. The fourth-order valence-electron chi connectivity index (χ4n) is 2.55. The molecule has 7 heteroatoms. The van der Waals surface area contributed by atoms with E-state index >= 15 is 0 Å². The number of hydrogen-bond acceptors (Lipinski definition) is 6. The molecular formula is C22H17N3O4. The van der Waals surface area contributed by atoms with Crippen LogP contribution in [0, 0.1) is 0 Å². The second-order valence-electron chi connectivity index (χ2n) is 5.99. The molecule has 0 fully saturated rings. The van der Waals surface area contributed by atoms with Gasteiger partial charge in [0.05, 0.1) is 5.69 Å². The molecule has 0 unspecified atom stereocenters. The Hall–Kier alpha value is -4.13. The van der Waals surface area contributed by atoms with Crippen LogP contribution in [0.15, 0.2) is 89.3 Å². The number of carbonyl (C=O) groups is 1. The average molecular weight is 387 g/mol. The first-order valence-electron chi connectivity index (χ1n) is 8.91. The van der Waals surface area contributed by atoms with E-state index in [9.17, 15) is 4.79 Å². The van der Waals surface area contributed by atoms with Crippen LogP contribution in [0.5, 0.6) is 17.6 Å². The monoisotopic (exact) mass is 387 g/mol. The fourth-order valence-corrected chi connectivity index (χ4v) is 2.55. The van der Waals surface area contributed by atoms with E-state index in [-0.39, 0.29) is 18.6 Å². The molecule has 29 heavy (non-hydrogen) atoms. The Bertz CT molecular complexity index is 1080. The molecule has 0 radical (unpaired) electrons. The standard InChI is InChI=1S/C22H17N3O4/c26-20(15-27-22-25-24-21(29-22)16-9-3-1-4-10-16)23-18-13-7-8-14-19(18)28-17-11-5-2-6-12-17/h1-14H,15H2,(H,23,26). The van der Waals surface area contributed by atoms with Crippen LogP contribution in [0.1, 0.15) is 0 Å². The summed E-state index contributed by atoms with van der Waals surface area (Å²) in [5.41, 5.74) is 1.30. The molecule has 0 aliphatic rings. The van der Waals surface area contributed by atoms with Crippen LogP contribution in [0.25, 0.3) is 11.5 Å². The van der Waals surface area contributed by atoms with Gasteiger partial charge in [0, 0.05) is 5.56 Å². The van der Waals surface area contributed by atoms with Gasteiger partial charge in [-0.1, -0.05) is 53.6 Å². The molecule has 0 spiro atoms. The molecule has 0 saturated heterocycles. The number of benzene rings is 3. The average Bonchev–Trinajstić information content (AvgIpc) is 3.24. The van der Waals surface area contributed by atoms with Crippen molar-refractivity contribution in [3.8, 4) is 29.0 Å². The Morgan fingerprint density at radius 1 is 0.862 bits per heavy atom. The summed E-state index contributed by atoms with van der Waals surface area (Å²) in [5.74, 6) is 1.14. The summed E-state index contributed by atoms with van der Waals surface area (Å²) in [4.78, 5) is 12.3. The second-order valence-corrected chi connectivity index (χ2v) is 5.99. The van der Waals surface area contributed by atoms with E-state index in [0.29, 0.717) is 23.1 Å². The van der Waals surface area contributed by atoms with Crippen molar-refractivity contribution in [2.75, 3.05) is 11.9 Å². The highest BCUT2D eigenvalue weighted by molar-refractivity contribution is 5.93. The van der Waals surface area contributed by atoms with Gasteiger partial charge in [-0.3, -0.25) is 4.79 Å². The van der Waals surface area contributed by atoms with E-state index < -0.39 is 0 Å². The van der Waals surface area contributed by atoms with Gasteiger partial charge in [-0.05, 0) is 36.4 Å². The molecule has 0 bridgehead atoms. The Morgan fingerprint density at radius 2 is 1.55 bits per heavy atom. The van der Waals surface area contributed by atoms with E-state index in [1.54, 1.807) is 18.2 Å². The number of aromatic nitrogens is 2. The van der Waals surface area contributed by atoms with Crippen molar-refractivity contribution in [2.24, 2.45) is 0 Å². The van der Waals surface area contributed by atoms with Crippen molar-refractivity contribution in [3.05, 3.63) is 84.9 Å². The van der Waals surface area contributed by atoms with E-state index in [1.807, 2.05) is 66.7 Å². The van der Waals surface area contributed by atoms with E-state index in [4.69, 9.17) is 13.9 Å². The topological polar surface area (TPSA) is 86.5 Å². The third-order valence-electron chi connectivity index (χ3n) is 3.89. The summed E-state index contributed by atoms with van der Waals surface area (Å²) < 4.78 is 16.6. The summed E-state index contributed by atoms with van der Waals surface area (Å²) >= 11 is 0. The quantitative estimate of drug-likeness (QED) is 0.501. The number of carbonyl (C=O) groups excluding carboxylic acids is 1. The SMILES string of the molecule is O=C(COc1nnc(-c2ccccc2)o1)Nc1ccccc1Oc1ccccc1. The number of amides is 1. The fraction of sp³-hybridized carbons (Fsp3) is 0.0455.